The highest BCUT2D eigenvalue weighted by molar-refractivity contribution is 7.90. The summed E-state index contributed by atoms with van der Waals surface area (Å²) in [4.78, 5) is 25.5. The lowest BCUT2D eigenvalue weighted by Crippen LogP contribution is -2.43. The maximum absolute atomic E-state index is 12.9. The molecule has 7 nitrogen and oxygen atoms in total. The summed E-state index contributed by atoms with van der Waals surface area (Å²) in [6.45, 7) is 7.42. The van der Waals surface area contributed by atoms with Gasteiger partial charge in [-0.2, -0.15) is 13.2 Å². The van der Waals surface area contributed by atoms with Gasteiger partial charge in [0, 0.05) is 6.54 Å². The van der Waals surface area contributed by atoms with Crippen molar-refractivity contribution in [2.24, 2.45) is 10.8 Å². The van der Waals surface area contributed by atoms with Crippen molar-refractivity contribution in [1.29, 1.82) is 0 Å². The van der Waals surface area contributed by atoms with E-state index in [1.165, 1.54) is 4.72 Å². The molecular formula is C20H34F3NO6S. The zero-order valence-electron chi connectivity index (χ0n) is 18.9. The number of carbonyl (C=O) groups is 2. The van der Waals surface area contributed by atoms with E-state index in [1.54, 1.807) is 27.7 Å². The third-order valence-electron chi connectivity index (χ3n) is 6.06. The Balaban J connectivity index is 2.72. The molecule has 0 aromatic carbocycles. The van der Waals surface area contributed by atoms with Crippen molar-refractivity contribution in [2.75, 3.05) is 13.2 Å². The quantitative estimate of drug-likeness (QED) is 0.359. The van der Waals surface area contributed by atoms with Crippen molar-refractivity contribution >= 4 is 22.0 Å². The molecule has 182 valence electrons. The lowest BCUT2D eigenvalue weighted by Gasteiger charge is -2.37. The summed E-state index contributed by atoms with van der Waals surface area (Å²) in [5.74, 6) is -1.12. The lowest BCUT2D eigenvalue weighted by molar-refractivity contribution is -0.174. The number of nitrogens with one attached hydrogen (secondary N) is 1. The van der Waals surface area contributed by atoms with E-state index in [0.717, 1.165) is 32.1 Å². The Bertz CT molecular complexity index is 745. The van der Waals surface area contributed by atoms with Crippen LogP contribution in [0.25, 0.3) is 0 Å². The summed E-state index contributed by atoms with van der Waals surface area (Å²) >= 11 is 0. The molecule has 1 fully saturated rings. The molecule has 1 saturated carbocycles. The second-order valence-corrected chi connectivity index (χ2v) is 10.8. The highest BCUT2D eigenvalue weighted by Gasteiger charge is 2.47. The number of hydrogen-bond acceptors (Lipinski definition) is 6. The fourth-order valence-corrected chi connectivity index (χ4v) is 4.36. The first-order chi connectivity index (χ1) is 14.0. The first-order valence-corrected chi connectivity index (χ1v) is 12.0. The maximum Gasteiger partial charge on any atom is 0.511 e. The molecule has 0 heterocycles. The third kappa shape index (κ3) is 7.06. The van der Waals surface area contributed by atoms with Crippen LogP contribution in [0.15, 0.2) is 0 Å². The highest BCUT2D eigenvalue weighted by Crippen LogP contribution is 2.42. The van der Waals surface area contributed by atoms with E-state index < -0.39 is 57.1 Å². The molecule has 1 aliphatic carbocycles. The Kier molecular flexibility index (Phi) is 8.98. The van der Waals surface area contributed by atoms with Crippen molar-refractivity contribution in [3.63, 3.8) is 0 Å². The van der Waals surface area contributed by atoms with Crippen molar-refractivity contribution in [1.82, 2.24) is 4.72 Å². The van der Waals surface area contributed by atoms with Crippen LogP contribution in [0.1, 0.15) is 79.6 Å². The van der Waals surface area contributed by atoms with E-state index in [0.29, 0.717) is 6.42 Å². The molecule has 0 saturated heterocycles. The van der Waals surface area contributed by atoms with Crippen molar-refractivity contribution in [3.05, 3.63) is 0 Å². The van der Waals surface area contributed by atoms with Crippen LogP contribution in [-0.2, 0) is 29.1 Å². The van der Waals surface area contributed by atoms with E-state index in [2.05, 4.69) is 0 Å². The number of rotatable bonds is 11. The van der Waals surface area contributed by atoms with Crippen LogP contribution in [0.4, 0.5) is 13.2 Å². The molecule has 0 aromatic heterocycles. The van der Waals surface area contributed by atoms with Gasteiger partial charge in [-0.1, -0.05) is 13.8 Å². The normalized spacial score (nSPS) is 19.0. The standard InChI is InChI=1S/C20H34F3NO6S/c1-6-18(5,16(26)29-13-12-24-31(27,28)20(21,22)23)14-17(3,4)15(25)30-19(7-2)10-8-9-11-19/h24H,6-14H2,1-5H3. The number of esters is 2. The summed E-state index contributed by atoms with van der Waals surface area (Å²) in [7, 11) is -5.50. The van der Waals surface area contributed by atoms with Crippen molar-refractivity contribution in [2.45, 2.75) is 90.7 Å². The molecule has 0 radical (unpaired) electrons. The van der Waals surface area contributed by atoms with Crippen LogP contribution in [0.2, 0.25) is 0 Å². The van der Waals surface area contributed by atoms with Gasteiger partial charge in [-0.15, -0.1) is 0 Å². The molecule has 11 heteroatoms. The average molecular weight is 474 g/mol. The van der Waals surface area contributed by atoms with Gasteiger partial charge in [0.1, 0.15) is 12.2 Å². The van der Waals surface area contributed by atoms with Gasteiger partial charge < -0.3 is 9.47 Å². The number of carbonyl (C=O) groups excluding carboxylic acids is 2. The Hall–Kier alpha value is -1.36. The number of halogens is 3. The van der Waals surface area contributed by atoms with E-state index >= 15 is 0 Å². The van der Waals surface area contributed by atoms with Crippen LogP contribution in [0, 0.1) is 10.8 Å². The zero-order chi connectivity index (χ0) is 24.1. The van der Waals surface area contributed by atoms with Crippen LogP contribution >= 0.6 is 0 Å². The van der Waals surface area contributed by atoms with E-state index in [4.69, 9.17) is 9.47 Å². The summed E-state index contributed by atoms with van der Waals surface area (Å²) in [5.41, 5.74) is -7.99. The molecule has 31 heavy (non-hydrogen) atoms. The molecule has 0 aliphatic heterocycles. The Morgan fingerprint density at radius 3 is 2.03 bits per heavy atom. The Morgan fingerprint density at radius 2 is 1.58 bits per heavy atom. The molecule has 0 spiro atoms. The summed E-state index contributed by atoms with van der Waals surface area (Å²) in [5, 5.41) is 0. The van der Waals surface area contributed by atoms with Gasteiger partial charge in [-0.25, -0.2) is 13.1 Å². The second kappa shape index (κ2) is 10.1. The molecule has 0 aromatic rings. The summed E-state index contributed by atoms with van der Waals surface area (Å²) in [6, 6.07) is 0. The van der Waals surface area contributed by atoms with Crippen LogP contribution in [0.5, 0.6) is 0 Å². The molecule has 1 atom stereocenters. The predicted octanol–water partition coefficient (Wildman–Crippen LogP) is 4.07. The van der Waals surface area contributed by atoms with Gasteiger partial charge in [0.05, 0.1) is 10.8 Å². The topological polar surface area (TPSA) is 98.8 Å². The van der Waals surface area contributed by atoms with E-state index in [-0.39, 0.29) is 6.42 Å². The maximum atomic E-state index is 12.9. The van der Waals surface area contributed by atoms with Crippen LogP contribution in [0.3, 0.4) is 0 Å². The fraction of sp³-hybridized carbons (Fsp3) is 0.900. The first-order valence-electron chi connectivity index (χ1n) is 10.5. The molecular weight excluding hydrogens is 439 g/mol. The Labute approximate surface area is 182 Å². The zero-order valence-corrected chi connectivity index (χ0v) is 19.7. The smallest absolute Gasteiger partial charge is 0.464 e. The molecule has 0 bridgehead atoms. The average Bonchev–Trinajstić information content (AvgIpc) is 3.12. The van der Waals surface area contributed by atoms with Gasteiger partial charge >= 0.3 is 27.5 Å². The lowest BCUT2D eigenvalue weighted by atomic mass is 9.72. The van der Waals surface area contributed by atoms with Gasteiger partial charge in [0.25, 0.3) is 0 Å². The highest BCUT2D eigenvalue weighted by atomic mass is 32.2. The van der Waals surface area contributed by atoms with Crippen LogP contribution in [-0.4, -0.2) is 44.6 Å². The van der Waals surface area contributed by atoms with Gasteiger partial charge in [-0.3, -0.25) is 9.59 Å². The second-order valence-electron chi connectivity index (χ2n) is 9.09. The summed E-state index contributed by atoms with van der Waals surface area (Å²) in [6.07, 6.45) is 4.77. The van der Waals surface area contributed by atoms with Crippen molar-refractivity contribution < 1.29 is 40.7 Å². The molecule has 1 rings (SSSR count). The Morgan fingerprint density at radius 1 is 1.03 bits per heavy atom. The minimum Gasteiger partial charge on any atom is -0.464 e. The third-order valence-corrected chi connectivity index (χ3v) is 7.25. The number of hydrogen-bond donors (Lipinski definition) is 1. The minimum absolute atomic E-state index is 0.113. The largest absolute Gasteiger partial charge is 0.511 e. The summed E-state index contributed by atoms with van der Waals surface area (Å²) < 4.78 is 71.2. The van der Waals surface area contributed by atoms with Gasteiger partial charge in [-0.05, 0) is 65.7 Å². The van der Waals surface area contributed by atoms with Crippen LogP contribution < -0.4 is 4.72 Å². The van der Waals surface area contributed by atoms with Crippen molar-refractivity contribution in [3.8, 4) is 0 Å². The molecule has 1 unspecified atom stereocenters. The first kappa shape index (κ1) is 27.7. The van der Waals surface area contributed by atoms with E-state index in [9.17, 15) is 31.2 Å². The molecule has 1 N–H and O–H groups in total. The van der Waals surface area contributed by atoms with Gasteiger partial charge in [0.2, 0.25) is 0 Å². The monoisotopic (exact) mass is 473 g/mol. The minimum atomic E-state index is -5.50. The number of ether oxygens (including phenoxy) is 2. The molecule has 1 aliphatic rings. The number of alkyl halides is 3. The SMILES string of the molecule is CCC1(OC(=O)C(C)(C)CC(C)(CC)C(=O)OCCNS(=O)(=O)C(F)(F)F)CCCC1. The van der Waals surface area contributed by atoms with E-state index in [1.807, 2.05) is 6.92 Å². The fourth-order valence-electron chi connectivity index (χ4n) is 3.85. The predicted molar refractivity (Wildman–Crippen MR) is 108 cm³/mol. The van der Waals surface area contributed by atoms with Gasteiger partial charge in [0.15, 0.2) is 0 Å². The number of sulfonamides is 1. The molecule has 0 amide bonds.